The molecule has 3 nitrogen and oxygen atoms in total. The van der Waals surface area contributed by atoms with Gasteiger partial charge in [0.05, 0.1) is 0 Å². The highest BCUT2D eigenvalue weighted by atomic mass is 19.1. The standard InChI is InChI=1S/C14H11FO3/c1-8-2-4-12(15)10(6-8)9-3-5-13(16)11(7-9)14(17)18/h2-7,16H,1H3,(H,17,18). The van der Waals surface area contributed by atoms with Gasteiger partial charge in [-0.3, -0.25) is 0 Å². The quantitative estimate of drug-likeness (QED) is 0.855. The Bertz CT molecular complexity index is 620. The molecule has 92 valence electrons. The van der Waals surface area contributed by atoms with Crippen molar-refractivity contribution < 1.29 is 19.4 Å². The number of aromatic carboxylic acids is 1. The number of aromatic hydroxyl groups is 1. The highest BCUT2D eigenvalue weighted by molar-refractivity contribution is 5.92. The van der Waals surface area contributed by atoms with E-state index < -0.39 is 11.8 Å². The molecule has 0 saturated heterocycles. The number of rotatable bonds is 2. The van der Waals surface area contributed by atoms with E-state index in [-0.39, 0.29) is 11.3 Å². The molecule has 0 aliphatic carbocycles. The average Bonchev–Trinajstić information content (AvgIpc) is 2.33. The van der Waals surface area contributed by atoms with E-state index in [1.165, 1.54) is 24.3 Å². The number of carboxylic acid groups (broad SMARTS) is 1. The van der Waals surface area contributed by atoms with Crippen LogP contribution in [0.3, 0.4) is 0 Å². The lowest BCUT2D eigenvalue weighted by molar-refractivity contribution is 0.0694. The van der Waals surface area contributed by atoms with E-state index in [1.54, 1.807) is 12.1 Å². The van der Waals surface area contributed by atoms with Crippen LogP contribution in [0.1, 0.15) is 15.9 Å². The maximum Gasteiger partial charge on any atom is 0.339 e. The number of aryl methyl sites for hydroxylation is 1. The van der Waals surface area contributed by atoms with Crippen molar-refractivity contribution in [1.29, 1.82) is 0 Å². The minimum atomic E-state index is -1.25. The molecule has 0 saturated carbocycles. The van der Waals surface area contributed by atoms with Crippen LogP contribution in [0.4, 0.5) is 4.39 Å². The maximum absolute atomic E-state index is 13.7. The summed E-state index contributed by atoms with van der Waals surface area (Å²) >= 11 is 0. The second-order valence-corrected chi connectivity index (χ2v) is 4.02. The van der Waals surface area contributed by atoms with Gasteiger partial charge in [0.25, 0.3) is 0 Å². The molecule has 2 N–H and O–H groups in total. The van der Waals surface area contributed by atoms with Gasteiger partial charge < -0.3 is 10.2 Å². The number of phenols is 1. The van der Waals surface area contributed by atoms with Crippen LogP contribution in [-0.2, 0) is 0 Å². The predicted octanol–water partition coefficient (Wildman–Crippen LogP) is 3.20. The monoisotopic (exact) mass is 246 g/mol. The Hall–Kier alpha value is -2.36. The first-order valence-electron chi connectivity index (χ1n) is 5.32. The molecule has 0 bridgehead atoms. The Morgan fingerprint density at radius 1 is 1.17 bits per heavy atom. The summed E-state index contributed by atoms with van der Waals surface area (Å²) in [5.41, 5.74) is 1.37. The third kappa shape index (κ3) is 2.18. The molecule has 2 aromatic rings. The molecule has 0 unspecified atom stereocenters. The van der Waals surface area contributed by atoms with Crippen molar-refractivity contribution in [2.45, 2.75) is 6.92 Å². The summed E-state index contributed by atoms with van der Waals surface area (Å²) in [6, 6.07) is 8.60. The van der Waals surface area contributed by atoms with Gasteiger partial charge in [0.15, 0.2) is 0 Å². The molecule has 0 radical (unpaired) electrons. The number of hydrogen-bond donors (Lipinski definition) is 2. The van der Waals surface area contributed by atoms with Gasteiger partial charge in [-0.25, -0.2) is 9.18 Å². The summed E-state index contributed by atoms with van der Waals surface area (Å²) in [4.78, 5) is 10.9. The molecule has 0 aromatic heterocycles. The second-order valence-electron chi connectivity index (χ2n) is 4.02. The minimum Gasteiger partial charge on any atom is -0.507 e. The largest absolute Gasteiger partial charge is 0.507 e. The van der Waals surface area contributed by atoms with Crippen LogP contribution in [0.15, 0.2) is 36.4 Å². The molecule has 0 spiro atoms. The van der Waals surface area contributed by atoms with E-state index in [0.717, 1.165) is 5.56 Å². The average molecular weight is 246 g/mol. The lowest BCUT2D eigenvalue weighted by Gasteiger charge is -2.07. The third-order valence-electron chi connectivity index (χ3n) is 2.66. The van der Waals surface area contributed by atoms with Gasteiger partial charge in [0.1, 0.15) is 17.1 Å². The summed E-state index contributed by atoms with van der Waals surface area (Å²) < 4.78 is 13.7. The zero-order valence-electron chi connectivity index (χ0n) is 9.64. The third-order valence-corrected chi connectivity index (χ3v) is 2.66. The fourth-order valence-corrected chi connectivity index (χ4v) is 1.74. The van der Waals surface area contributed by atoms with Gasteiger partial charge in [-0.15, -0.1) is 0 Å². The van der Waals surface area contributed by atoms with Crippen molar-refractivity contribution in [3.8, 4) is 16.9 Å². The second kappa shape index (κ2) is 4.49. The summed E-state index contributed by atoms with van der Waals surface area (Å²) in [7, 11) is 0. The van der Waals surface area contributed by atoms with E-state index >= 15 is 0 Å². The fraction of sp³-hybridized carbons (Fsp3) is 0.0714. The molecule has 18 heavy (non-hydrogen) atoms. The normalized spacial score (nSPS) is 10.3. The van der Waals surface area contributed by atoms with Crippen molar-refractivity contribution in [1.82, 2.24) is 0 Å². The Morgan fingerprint density at radius 2 is 1.89 bits per heavy atom. The summed E-state index contributed by atoms with van der Waals surface area (Å²) in [5.74, 6) is -2.01. The molecule has 0 heterocycles. The van der Waals surface area contributed by atoms with E-state index in [4.69, 9.17) is 5.11 Å². The number of carbonyl (C=O) groups is 1. The van der Waals surface area contributed by atoms with Crippen LogP contribution in [0, 0.1) is 12.7 Å². The maximum atomic E-state index is 13.7. The Balaban J connectivity index is 2.61. The SMILES string of the molecule is Cc1ccc(F)c(-c2ccc(O)c(C(=O)O)c2)c1. The molecular weight excluding hydrogens is 235 g/mol. The van der Waals surface area contributed by atoms with Gasteiger partial charge >= 0.3 is 5.97 Å². The smallest absolute Gasteiger partial charge is 0.339 e. The van der Waals surface area contributed by atoms with Gasteiger partial charge in [0.2, 0.25) is 0 Å². The summed E-state index contributed by atoms with van der Waals surface area (Å²) in [6.45, 7) is 1.82. The zero-order valence-corrected chi connectivity index (χ0v) is 9.64. The number of benzene rings is 2. The van der Waals surface area contributed by atoms with Gasteiger partial charge in [-0.1, -0.05) is 17.7 Å². The summed E-state index contributed by atoms with van der Waals surface area (Å²) in [6.07, 6.45) is 0. The molecular formula is C14H11FO3. The van der Waals surface area contributed by atoms with Crippen molar-refractivity contribution in [2.24, 2.45) is 0 Å². The first kappa shape index (κ1) is 12.1. The molecule has 2 rings (SSSR count). The topological polar surface area (TPSA) is 57.5 Å². The molecule has 0 amide bonds. The fourth-order valence-electron chi connectivity index (χ4n) is 1.74. The molecule has 0 aliphatic rings. The lowest BCUT2D eigenvalue weighted by atomic mass is 10.0. The lowest BCUT2D eigenvalue weighted by Crippen LogP contribution is -1.97. The summed E-state index contributed by atoms with van der Waals surface area (Å²) in [5, 5.41) is 18.3. The molecule has 4 heteroatoms. The van der Waals surface area contributed by atoms with Gasteiger partial charge in [0, 0.05) is 5.56 Å². The van der Waals surface area contributed by atoms with Crippen LogP contribution >= 0.6 is 0 Å². The highest BCUT2D eigenvalue weighted by Gasteiger charge is 2.13. The van der Waals surface area contributed by atoms with Crippen LogP contribution < -0.4 is 0 Å². The molecule has 2 aromatic carbocycles. The molecule has 0 aliphatic heterocycles. The predicted molar refractivity (Wildman–Crippen MR) is 65.2 cm³/mol. The van der Waals surface area contributed by atoms with Crippen molar-refractivity contribution in [3.63, 3.8) is 0 Å². The molecule has 0 fully saturated rings. The number of halogens is 1. The van der Waals surface area contributed by atoms with E-state index in [1.807, 2.05) is 6.92 Å². The van der Waals surface area contributed by atoms with E-state index in [9.17, 15) is 14.3 Å². The Morgan fingerprint density at radius 3 is 2.56 bits per heavy atom. The van der Waals surface area contributed by atoms with E-state index in [2.05, 4.69) is 0 Å². The van der Waals surface area contributed by atoms with E-state index in [0.29, 0.717) is 11.1 Å². The zero-order chi connectivity index (χ0) is 13.3. The van der Waals surface area contributed by atoms with Gasteiger partial charge in [-0.2, -0.15) is 0 Å². The van der Waals surface area contributed by atoms with Crippen LogP contribution in [0.2, 0.25) is 0 Å². The highest BCUT2D eigenvalue weighted by Crippen LogP contribution is 2.28. The molecule has 0 atom stereocenters. The van der Waals surface area contributed by atoms with Crippen LogP contribution in [0.25, 0.3) is 11.1 Å². The Kier molecular flexibility index (Phi) is 3.02. The van der Waals surface area contributed by atoms with Crippen molar-refractivity contribution in [2.75, 3.05) is 0 Å². The van der Waals surface area contributed by atoms with Crippen LogP contribution in [0.5, 0.6) is 5.75 Å². The number of hydrogen-bond acceptors (Lipinski definition) is 2. The van der Waals surface area contributed by atoms with Gasteiger partial charge in [-0.05, 0) is 36.8 Å². The van der Waals surface area contributed by atoms with Crippen molar-refractivity contribution >= 4 is 5.97 Å². The Labute approximate surface area is 103 Å². The first-order chi connectivity index (χ1) is 8.49. The first-order valence-corrected chi connectivity index (χ1v) is 5.32. The number of carboxylic acids is 1. The minimum absolute atomic E-state index is 0.242. The van der Waals surface area contributed by atoms with Crippen molar-refractivity contribution in [3.05, 3.63) is 53.3 Å². The van der Waals surface area contributed by atoms with Crippen LogP contribution in [-0.4, -0.2) is 16.2 Å².